The lowest BCUT2D eigenvalue weighted by Gasteiger charge is -2.14. The first kappa shape index (κ1) is 25.0. The van der Waals surface area contributed by atoms with Crippen LogP contribution < -0.4 is 10.6 Å². The van der Waals surface area contributed by atoms with Crippen LogP contribution in [0.2, 0.25) is 0 Å². The number of methoxy groups -OCH3 is 1. The van der Waals surface area contributed by atoms with Crippen LogP contribution >= 0.6 is 0 Å². The van der Waals surface area contributed by atoms with Gasteiger partial charge < -0.3 is 25.4 Å². The van der Waals surface area contributed by atoms with Gasteiger partial charge in [-0.1, -0.05) is 12.1 Å². The number of nitrogens with zero attached hydrogens (tertiary/aromatic N) is 3. The molecule has 2 heterocycles. The molecular formula is C24H28FN5O4. The van der Waals surface area contributed by atoms with Gasteiger partial charge in [0.1, 0.15) is 23.8 Å². The molecule has 0 saturated heterocycles. The zero-order valence-corrected chi connectivity index (χ0v) is 19.4. The lowest BCUT2D eigenvalue weighted by Crippen LogP contribution is -2.28. The zero-order chi connectivity index (χ0) is 24.7. The number of hydrogen-bond donors (Lipinski definition) is 3. The van der Waals surface area contributed by atoms with Crippen LogP contribution in [0.1, 0.15) is 28.0 Å². The number of aromatic hydroxyl groups is 1. The molecule has 3 aromatic rings. The molecule has 0 saturated carbocycles. The summed E-state index contributed by atoms with van der Waals surface area (Å²) in [6.07, 6.45) is 2.73. The number of amides is 2. The summed E-state index contributed by atoms with van der Waals surface area (Å²) in [5.41, 5.74) is 1.51. The molecule has 10 heteroatoms. The van der Waals surface area contributed by atoms with Gasteiger partial charge in [-0.25, -0.2) is 9.37 Å². The van der Waals surface area contributed by atoms with Crippen molar-refractivity contribution in [3.05, 3.63) is 59.2 Å². The van der Waals surface area contributed by atoms with E-state index in [-0.39, 0.29) is 35.2 Å². The quantitative estimate of drug-likeness (QED) is 0.390. The molecule has 2 aromatic heterocycles. The van der Waals surface area contributed by atoms with Crippen LogP contribution in [0, 0.1) is 5.82 Å². The second-order valence-corrected chi connectivity index (χ2v) is 8.09. The van der Waals surface area contributed by atoms with E-state index in [9.17, 15) is 19.1 Å². The van der Waals surface area contributed by atoms with E-state index in [1.165, 1.54) is 19.2 Å². The highest BCUT2D eigenvalue weighted by molar-refractivity contribution is 6.07. The molecule has 0 atom stereocenters. The lowest BCUT2D eigenvalue weighted by atomic mass is 10.0. The van der Waals surface area contributed by atoms with Crippen LogP contribution in [0.4, 0.5) is 10.2 Å². The number of rotatable bonds is 10. The fourth-order valence-corrected chi connectivity index (χ4v) is 3.38. The minimum Gasteiger partial charge on any atom is -0.504 e. The summed E-state index contributed by atoms with van der Waals surface area (Å²) in [4.78, 5) is 35.5. The Morgan fingerprint density at radius 3 is 2.59 bits per heavy atom. The van der Waals surface area contributed by atoms with E-state index in [2.05, 4.69) is 20.6 Å². The van der Waals surface area contributed by atoms with Crippen LogP contribution in [0.3, 0.4) is 0 Å². The molecule has 0 aliphatic carbocycles. The SMILES string of the molecule is COCC(=O)Nc1nc(C(=O)NCCCN(C)C)c(O)c2ncc(Cc3ccc(F)cc3)cc12. The van der Waals surface area contributed by atoms with E-state index in [1.54, 1.807) is 24.4 Å². The molecule has 3 rings (SSSR count). The Hall–Kier alpha value is -3.63. The second-order valence-electron chi connectivity index (χ2n) is 8.09. The highest BCUT2D eigenvalue weighted by Crippen LogP contribution is 2.32. The molecule has 1 aromatic carbocycles. The Kier molecular flexibility index (Phi) is 8.44. The summed E-state index contributed by atoms with van der Waals surface area (Å²) in [5.74, 6) is -1.66. The lowest BCUT2D eigenvalue weighted by molar-refractivity contribution is -0.119. The van der Waals surface area contributed by atoms with Crippen molar-refractivity contribution in [1.82, 2.24) is 20.2 Å². The number of fused-ring (bicyclic) bond motifs is 1. The van der Waals surface area contributed by atoms with Crippen LogP contribution in [-0.2, 0) is 16.0 Å². The van der Waals surface area contributed by atoms with Crippen LogP contribution in [0.5, 0.6) is 5.75 Å². The summed E-state index contributed by atoms with van der Waals surface area (Å²) in [7, 11) is 5.25. The molecule has 0 radical (unpaired) electrons. The summed E-state index contributed by atoms with van der Waals surface area (Å²) >= 11 is 0. The van der Waals surface area contributed by atoms with Crippen molar-refractivity contribution in [2.75, 3.05) is 46.2 Å². The number of nitrogens with one attached hydrogen (secondary N) is 2. The number of pyridine rings is 2. The molecule has 180 valence electrons. The van der Waals surface area contributed by atoms with Gasteiger partial charge in [0, 0.05) is 25.2 Å². The smallest absolute Gasteiger partial charge is 0.273 e. The number of halogens is 1. The monoisotopic (exact) mass is 469 g/mol. The maximum Gasteiger partial charge on any atom is 0.273 e. The molecule has 0 aliphatic rings. The maximum atomic E-state index is 13.2. The van der Waals surface area contributed by atoms with Crippen molar-refractivity contribution in [1.29, 1.82) is 0 Å². The third kappa shape index (κ3) is 6.46. The summed E-state index contributed by atoms with van der Waals surface area (Å²) in [6, 6.07) is 7.80. The van der Waals surface area contributed by atoms with E-state index in [0.29, 0.717) is 18.4 Å². The van der Waals surface area contributed by atoms with Crippen molar-refractivity contribution < 1.29 is 23.8 Å². The normalized spacial score (nSPS) is 11.1. The fourth-order valence-electron chi connectivity index (χ4n) is 3.38. The van der Waals surface area contributed by atoms with Gasteiger partial charge in [0.05, 0.1) is 0 Å². The average molecular weight is 470 g/mol. The Bertz CT molecular complexity index is 1170. The Balaban J connectivity index is 1.95. The minimum absolute atomic E-state index is 0.0850. The molecule has 0 fully saturated rings. The molecule has 0 bridgehead atoms. The third-order valence-corrected chi connectivity index (χ3v) is 5.01. The Morgan fingerprint density at radius 2 is 1.91 bits per heavy atom. The molecule has 3 N–H and O–H groups in total. The number of carbonyl (C=O) groups excluding carboxylic acids is 2. The summed E-state index contributed by atoms with van der Waals surface area (Å²) in [5, 5.41) is 16.5. The van der Waals surface area contributed by atoms with Crippen molar-refractivity contribution in [3.63, 3.8) is 0 Å². The van der Waals surface area contributed by atoms with Crippen LogP contribution in [0.15, 0.2) is 36.5 Å². The number of aromatic nitrogens is 2. The van der Waals surface area contributed by atoms with E-state index in [0.717, 1.165) is 24.1 Å². The van der Waals surface area contributed by atoms with Gasteiger partial charge >= 0.3 is 0 Å². The van der Waals surface area contributed by atoms with Crippen molar-refractivity contribution >= 4 is 28.5 Å². The number of anilines is 1. The largest absolute Gasteiger partial charge is 0.504 e. The van der Waals surface area contributed by atoms with Crippen molar-refractivity contribution in [2.45, 2.75) is 12.8 Å². The van der Waals surface area contributed by atoms with Gasteiger partial charge in [0.2, 0.25) is 0 Å². The van der Waals surface area contributed by atoms with Crippen LogP contribution in [-0.4, -0.2) is 72.7 Å². The van der Waals surface area contributed by atoms with Crippen molar-refractivity contribution in [3.8, 4) is 5.75 Å². The highest BCUT2D eigenvalue weighted by Gasteiger charge is 2.21. The highest BCUT2D eigenvalue weighted by atomic mass is 19.1. The number of carbonyl (C=O) groups is 2. The van der Waals surface area contributed by atoms with Gasteiger partial charge in [-0.3, -0.25) is 14.6 Å². The molecule has 0 unspecified atom stereocenters. The molecule has 9 nitrogen and oxygen atoms in total. The first-order valence-corrected chi connectivity index (χ1v) is 10.8. The molecular weight excluding hydrogens is 441 g/mol. The molecule has 2 amide bonds. The molecule has 0 spiro atoms. The predicted octanol–water partition coefficient (Wildman–Crippen LogP) is 2.33. The number of benzene rings is 1. The standard InChI is InChI=1S/C24H28FN5O4/c1-30(2)10-4-9-26-24(33)21-22(32)20-18(23(29-21)28-19(31)14-34-3)12-16(13-27-20)11-15-5-7-17(25)8-6-15/h5-8,12-13,32H,4,9-11,14H2,1-3H3,(H,26,33)(H,28,29,31). The first-order valence-electron chi connectivity index (χ1n) is 10.8. The zero-order valence-electron chi connectivity index (χ0n) is 19.4. The molecule has 0 aliphatic heterocycles. The number of hydrogen-bond acceptors (Lipinski definition) is 7. The Labute approximate surface area is 197 Å². The summed E-state index contributed by atoms with van der Waals surface area (Å²) < 4.78 is 18.1. The maximum absolute atomic E-state index is 13.2. The Morgan fingerprint density at radius 1 is 1.18 bits per heavy atom. The second kappa shape index (κ2) is 11.5. The topological polar surface area (TPSA) is 117 Å². The van der Waals surface area contributed by atoms with Gasteiger partial charge in [0.25, 0.3) is 11.8 Å². The van der Waals surface area contributed by atoms with Gasteiger partial charge in [-0.05, 0) is 62.8 Å². The first-order chi connectivity index (χ1) is 16.3. The van der Waals surface area contributed by atoms with E-state index in [4.69, 9.17) is 4.74 Å². The predicted molar refractivity (Wildman–Crippen MR) is 126 cm³/mol. The van der Waals surface area contributed by atoms with E-state index in [1.807, 2.05) is 19.0 Å². The van der Waals surface area contributed by atoms with Crippen LogP contribution in [0.25, 0.3) is 10.9 Å². The third-order valence-electron chi connectivity index (χ3n) is 5.01. The van der Waals surface area contributed by atoms with Gasteiger partial charge in [0.15, 0.2) is 11.4 Å². The van der Waals surface area contributed by atoms with E-state index >= 15 is 0 Å². The average Bonchev–Trinajstić information content (AvgIpc) is 2.80. The number of ether oxygens (including phenoxy) is 1. The van der Waals surface area contributed by atoms with Gasteiger partial charge in [-0.2, -0.15) is 0 Å². The molecule has 34 heavy (non-hydrogen) atoms. The van der Waals surface area contributed by atoms with Crippen molar-refractivity contribution in [2.24, 2.45) is 0 Å². The summed E-state index contributed by atoms with van der Waals surface area (Å²) in [6.45, 7) is 0.971. The van der Waals surface area contributed by atoms with Gasteiger partial charge in [-0.15, -0.1) is 0 Å². The minimum atomic E-state index is -0.572. The van der Waals surface area contributed by atoms with E-state index < -0.39 is 11.8 Å². The fraction of sp³-hybridized carbons (Fsp3) is 0.333.